The quantitative estimate of drug-likeness (QED) is 0.813. The van der Waals surface area contributed by atoms with Crippen LogP contribution in [0.4, 0.5) is 0 Å². The van der Waals surface area contributed by atoms with Gasteiger partial charge in [0, 0.05) is 0 Å². The first-order chi connectivity index (χ1) is 8.11. The van der Waals surface area contributed by atoms with Gasteiger partial charge in [-0.3, -0.25) is 0 Å². The molecule has 0 saturated heterocycles. The molecule has 17 heavy (non-hydrogen) atoms. The van der Waals surface area contributed by atoms with E-state index in [1.807, 2.05) is 6.92 Å². The van der Waals surface area contributed by atoms with Crippen LogP contribution in [-0.2, 0) is 13.0 Å². The smallest absolute Gasteiger partial charge is 0.358 e. The molecule has 0 aliphatic carbocycles. The molecule has 0 radical (unpaired) electrons. The van der Waals surface area contributed by atoms with Crippen molar-refractivity contribution in [2.45, 2.75) is 26.8 Å². The summed E-state index contributed by atoms with van der Waals surface area (Å²) in [7, 11) is 0. The van der Waals surface area contributed by atoms with Crippen LogP contribution in [0, 0.1) is 6.92 Å². The maximum Gasteiger partial charge on any atom is 0.358 e. The molecule has 0 spiro atoms. The van der Waals surface area contributed by atoms with Gasteiger partial charge in [-0.1, -0.05) is 17.3 Å². The maximum atomic E-state index is 10.9. The van der Waals surface area contributed by atoms with E-state index >= 15 is 0 Å². The monoisotopic (exact) mass is 237 g/mol. The third kappa shape index (κ3) is 2.14. The molecule has 2 rings (SSSR count). The summed E-state index contributed by atoms with van der Waals surface area (Å²) in [4.78, 5) is 14.9. The van der Waals surface area contributed by atoms with Crippen LogP contribution < -0.4 is 0 Å². The number of carboxylic acid groups (broad SMARTS) is 1. The zero-order valence-corrected chi connectivity index (χ0v) is 9.41. The number of carbonyl (C=O) groups is 1. The van der Waals surface area contributed by atoms with E-state index in [9.17, 15) is 4.79 Å². The molecule has 0 fully saturated rings. The highest BCUT2D eigenvalue weighted by molar-refractivity contribution is 5.86. The lowest BCUT2D eigenvalue weighted by molar-refractivity contribution is 0.0689. The number of hydrogen-bond acceptors (Lipinski definition) is 6. The van der Waals surface area contributed by atoms with Crippen LogP contribution in [0.5, 0.6) is 0 Å². The Morgan fingerprint density at radius 1 is 1.53 bits per heavy atom. The second-order valence-corrected chi connectivity index (χ2v) is 3.44. The molecule has 2 heterocycles. The van der Waals surface area contributed by atoms with Gasteiger partial charge >= 0.3 is 5.97 Å². The first-order valence-corrected chi connectivity index (χ1v) is 5.06. The molecule has 0 atom stereocenters. The summed E-state index contributed by atoms with van der Waals surface area (Å²) in [6.45, 7) is 3.77. The van der Waals surface area contributed by atoms with Crippen molar-refractivity contribution in [2.24, 2.45) is 0 Å². The Kier molecular flexibility index (Phi) is 2.86. The van der Waals surface area contributed by atoms with Crippen molar-refractivity contribution in [3.63, 3.8) is 0 Å². The summed E-state index contributed by atoms with van der Waals surface area (Å²) in [5.41, 5.74) is 0.497. The number of carboxylic acids is 1. The summed E-state index contributed by atoms with van der Waals surface area (Å²) in [5, 5.41) is 19.9. The van der Waals surface area contributed by atoms with E-state index in [4.69, 9.17) is 9.63 Å². The first kappa shape index (κ1) is 11.2. The predicted octanol–water partition coefficient (Wildman–Crippen LogP) is 0.278. The molecule has 0 unspecified atom stereocenters. The number of hydrogen-bond donors (Lipinski definition) is 1. The molecule has 0 saturated carbocycles. The van der Waals surface area contributed by atoms with E-state index in [-0.39, 0.29) is 12.2 Å². The molecule has 0 aliphatic heterocycles. The van der Waals surface area contributed by atoms with Gasteiger partial charge in [-0.2, -0.15) is 4.98 Å². The van der Waals surface area contributed by atoms with Gasteiger partial charge in [-0.05, 0) is 13.3 Å². The Morgan fingerprint density at radius 3 is 2.82 bits per heavy atom. The Balaban J connectivity index is 2.30. The van der Waals surface area contributed by atoms with Crippen molar-refractivity contribution in [3.05, 3.63) is 23.1 Å². The van der Waals surface area contributed by atoms with E-state index < -0.39 is 5.97 Å². The first-order valence-electron chi connectivity index (χ1n) is 5.06. The zero-order chi connectivity index (χ0) is 12.4. The number of nitrogens with zero attached hydrogens (tertiary/aromatic N) is 5. The standard InChI is InChI=1S/C9H11N5O3/c1-3-6-8(9(15)16)11-13-14(6)4-7-10-5(2)12-17-7/h3-4H2,1-2H3,(H,15,16). The van der Waals surface area contributed by atoms with Crippen molar-refractivity contribution in [1.82, 2.24) is 25.1 Å². The molecule has 8 heteroatoms. The Hall–Kier alpha value is -2.25. The van der Waals surface area contributed by atoms with Crippen molar-refractivity contribution in [2.75, 3.05) is 0 Å². The lowest BCUT2D eigenvalue weighted by Crippen LogP contribution is -2.08. The van der Waals surface area contributed by atoms with E-state index in [0.717, 1.165) is 0 Å². The van der Waals surface area contributed by atoms with Crippen LogP contribution in [0.3, 0.4) is 0 Å². The summed E-state index contributed by atoms with van der Waals surface area (Å²) >= 11 is 0. The minimum Gasteiger partial charge on any atom is -0.476 e. The van der Waals surface area contributed by atoms with Gasteiger partial charge in [0.2, 0.25) is 5.89 Å². The van der Waals surface area contributed by atoms with E-state index in [2.05, 4.69) is 20.5 Å². The normalized spacial score (nSPS) is 10.7. The molecule has 0 aromatic carbocycles. The largest absolute Gasteiger partial charge is 0.476 e. The zero-order valence-electron chi connectivity index (χ0n) is 9.41. The third-order valence-corrected chi connectivity index (χ3v) is 2.23. The SMILES string of the molecule is CCc1c(C(=O)O)nnn1Cc1nc(C)no1. The molecule has 2 aromatic rings. The fourth-order valence-electron chi connectivity index (χ4n) is 1.51. The van der Waals surface area contributed by atoms with Gasteiger partial charge in [0.25, 0.3) is 0 Å². The fourth-order valence-corrected chi connectivity index (χ4v) is 1.51. The molecule has 1 N–H and O–H groups in total. The van der Waals surface area contributed by atoms with Gasteiger partial charge in [-0.15, -0.1) is 5.10 Å². The van der Waals surface area contributed by atoms with Gasteiger partial charge in [0.1, 0.15) is 6.54 Å². The summed E-state index contributed by atoms with van der Waals surface area (Å²) in [5.74, 6) is -0.189. The second-order valence-electron chi connectivity index (χ2n) is 3.44. The minimum absolute atomic E-state index is 0.0382. The minimum atomic E-state index is -1.09. The van der Waals surface area contributed by atoms with Crippen LogP contribution in [-0.4, -0.2) is 36.2 Å². The Morgan fingerprint density at radius 2 is 2.29 bits per heavy atom. The summed E-state index contributed by atoms with van der Waals surface area (Å²) in [6, 6.07) is 0. The van der Waals surface area contributed by atoms with Crippen molar-refractivity contribution < 1.29 is 14.4 Å². The van der Waals surface area contributed by atoms with Crippen molar-refractivity contribution >= 4 is 5.97 Å². The van der Waals surface area contributed by atoms with Crippen LogP contribution >= 0.6 is 0 Å². The van der Waals surface area contributed by atoms with E-state index in [0.29, 0.717) is 23.8 Å². The highest BCUT2D eigenvalue weighted by Gasteiger charge is 2.18. The average Bonchev–Trinajstić information content (AvgIpc) is 2.85. The average molecular weight is 237 g/mol. The summed E-state index contributed by atoms with van der Waals surface area (Å²) in [6.07, 6.45) is 0.516. The molecular formula is C9H11N5O3. The highest BCUT2D eigenvalue weighted by Crippen LogP contribution is 2.08. The lowest BCUT2D eigenvalue weighted by Gasteiger charge is -2.00. The lowest BCUT2D eigenvalue weighted by atomic mass is 10.2. The third-order valence-electron chi connectivity index (χ3n) is 2.23. The van der Waals surface area contributed by atoms with Gasteiger partial charge in [0.15, 0.2) is 11.5 Å². The fraction of sp³-hybridized carbons (Fsp3) is 0.444. The second kappa shape index (κ2) is 4.32. The van der Waals surface area contributed by atoms with Gasteiger partial charge in [0.05, 0.1) is 5.69 Å². The molecule has 8 nitrogen and oxygen atoms in total. The molecule has 0 aliphatic rings. The summed E-state index contributed by atoms with van der Waals surface area (Å²) < 4.78 is 6.40. The predicted molar refractivity (Wildman–Crippen MR) is 54.5 cm³/mol. The maximum absolute atomic E-state index is 10.9. The molecular weight excluding hydrogens is 226 g/mol. The van der Waals surface area contributed by atoms with E-state index in [1.165, 1.54) is 4.68 Å². The molecule has 90 valence electrons. The van der Waals surface area contributed by atoms with Crippen LogP contribution in [0.2, 0.25) is 0 Å². The van der Waals surface area contributed by atoms with Crippen LogP contribution in [0.1, 0.15) is 34.8 Å². The van der Waals surface area contributed by atoms with E-state index in [1.54, 1.807) is 6.92 Å². The number of aromatic nitrogens is 5. The van der Waals surface area contributed by atoms with Crippen LogP contribution in [0.15, 0.2) is 4.52 Å². The van der Waals surface area contributed by atoms with Crippen molar-refractivity contribution in [3.8, 4) is 0 Å². The topological polar surface area (TPSA) is 107 Å². The highest BCUT2D eigenvalue weighted by atomic mass is 16.5. The number of rotatable bonds is 4. The molecule has 0 bridgehead atoms. The van der Waals surface area contributed by atoms with Gasteiger partial charge < -0.3 is 9.63 Å². The van der Waals surface area contributed by atoms with Gasteiger partial charge in [-0.25, -0.2) is 9.48 Å². The Bertz CT molecular complexity index is 545. The van der Waals surface area contributed by atoms with Crippen LogP contribution in [0.25, 0.3) is 0 Å². The Labute approximate surface area is 96.2 Å². The molecule has 0 amide bonds. The van der Waals surface area contributed by atoms with Crippen molar-refractivity contribution in [1.29, 1.82) is 0 Å². The number of aromatic carboxylic acids is 1. The molecule has 2 aromatic heterocycles. The number of aryl methyl sites for hydroxylation is 1.